The van der Waals surface area contributed by atoms with E-state index in [-0.39, 0.29) is 0 Å². The summed E-state index contributed by atoms with van der Waals surface area (Å²) < 4.78 is 1.09. The van der Waals surface area contributed by atoms with Crippen molar-refractivity contribution in [1.29, 1.82) is 0 Å². The molecule has 0 aromatic heterocycles. The second-order valence-electron chi connectivity index (χ2n) is 7.86. The molecule has 3 bridgehead atoms. The van der Waals surface area contributed by atoms with E-state index in [1.165, 1.54) is 38.5 Å². The third-order valence-corrected chi connectivity index (χ3v) is 7.26. The van der Waals surface area contributed by atoms with Crippen molar-refractivity contribution in [2.24, 2.45) is 29.6 Å². The molecule has 6 atom stereocenters. The number of fused-ring (bicyclic) bond motifs is 2. The zero-order chi connectivity index (χ0) is 14.6. The summed E-state index contributed by atoms with van der Waals surface area (Å²) in [5, 5.41) is 11.4. The molecule has 1 aromatic carbocycles. The van der Waals surface area contributed by atoms with Gasteiger partial charge in [0.25, 0.3) is 0 Å². The number of hydrogen-bond donors (Lipinski definition) is 1. The van der Waals surface area contributed by atoms with Gasteiger partial charge in [-0.2, -0.15) is 0 Å². The summed E-state index contributed by atoms with van der Waals surface area (Å²) in [7, 11) is 0. The first-order valence-electron chi connectivity index (χ1n) is 8.54. The number of aliphatic hydroxyl groups is 1. The third kappa shape index (κ3) is 2.30. The van der Waals surface area contributed by atoms with E-state index >= 15 is 0 Å². The van der Waals surface area contributed by atoms with E-state index in [2.05, 4.69) is 47.1 Å². The molecule has 3 fully saturated rings. The van der Waals surface area contributed by atoms with Gasteiger partial charge in [-0.15, -0.1) is 0 Å². The van der Waals surface area contributed by atoms with E-state index in [1.54, 1.807) is 0 Å². The molecular formula is C19H25BrO. The fourth-order valence-electron chi connectivity index (χ4n) is 5.95. The summed E-state index contributed by atoms with van der Waals surface area (Å²) >= 11 is 3.50. The number of rotatable bonds is 2. The third-order valence-electron chi connectivity index (χ3n) is 6.73. The summed E-state index contributed by atoms with van der Waals surface area (Å²) in [4.78, 5) is 0. The SMILES string of the molecule is CC(O)(c1ccc(Br)cc1)C1C2CCCC3CC1CC3C2. The van der Waals surface area contributed by atoms with Crippen molar-refractivity contribution in [1.82, 2.24) is 0 Å². The van der Waals surface area contributed by atoms with Gasteiger partial charge < -0.3 is 5.11 Å². The van der Waals surface area contributed by atoms with E-state index in [0.717, 1.165) is 33.7 Å². The Morgan fingerprint density at radius 1 is 0.952 bits per heavy atom. The predicted molar refractivity (Wildman–Crippen MR) is 88.9 cm³/mol. The van der Waals surface area contributed by atoms with Crippen LogP contribution in [-0.4, -0.2) is 5.11 Å². The Kier molecular flexibility index (Phi) is 3.46. The average molecular weight is 349 g/mol. The van der Waals surface area contributed by atoms with E-state index in [4.69, 9.17) is 0 Å². The van der Waals surface area contributed by atoms with Gasteiger partial charge in [-0.1, -0.05) is 47.3 Å². The van der Waals surface area contributed by atoms with Crippen LogP contribution < -0.4 is 0 Å². The molecule has 3 aliphatic rings. The van der Waals surface area contributed by atoms with Crippen molar-refractivity contribution in [2.45, 2.75) is 51.0 Å². The molecule has 3 saturated carbocycles. The zero-order valence-electron chi connectivity index (χ0n) is 12.8. The lowest BCUT2D eigenvalue weighted by Crippen LogP contribution is -2.43. The van der Waals surface area contributed by atoms with Crippen LogP contribution in [0.2, 0.25) is 0 Å². The summed E-state index contributed by atoms with van der Waals surface area (Å²) in [6, 6.07) is 8.33. The van der Waals surface area contributed by atoms with Crippen molar-refractivity contribution in [3.63, 3.8) is 0 Å². The second kappa shape index (κ2) is 5.09. The highest BCUT2D eigenvalue weighted by atomic mass is 79.9. The molecule has 0 spiro atoms. The molecule has 21 heavy (non-hydrogen) atoms. The average Bonchev–Trinajstić information content (AvgIpc) is 2.66. The first-order chi connectivity index (χ1) is 10.1. The number of benzene rings is 1. The maximum atomic E-state index is 11.4. The van der Waals surface area contributed by atoms with Crippen LogP contribution in [0.3, 0.4) is 0 Å². The summed E-state index contributed by atoms with van der Waals surface area (Å²) in [5.74, 6) is 3.88. The van der Waals surface area contributed by atoms with Gasteiger partial charge in [-0.3, -0.25) is 0 Å². The van der Waals surface area contributed by atoms with E-state index in [9.17, 15) is 5.11 Å². The van der Waals surface area contributed by atoms with Crippen molar-refractivity contribution in [3.8, 4) is 0 Å². The Balaban J connectivity index is 1.69. The van der Waals surface area contributed by atoms with Crippen molar-refractivity contribution >= 4 is 15.9 Å². The van der Waals surface area contributed by atoms with Crippen LogP contribution in [0.25, 0.3) is 0 Å². The molecule has 3 aliphatic carbocycles. The molecular weight excluding hydrogens is 324 g/mol. The molecule has 0 saturated heterocycles. The summed E-state index contributed by atoms with van der Waals surface area (Å²) in [6.07, 6.45) is 8.28. The van der Waals surface area contributed by atoms with Crippen molar-refractivity contribution in [3.05, 3.63) is 34.3 Å². The number of halogens is 1. The van der Waals surface area contributed by atoms with Gasteiger partial charge in [0.2, 0.25) is 0 Å². The Morgan fingerprint density at radius 3 is 2.33 bits per heavy atom. The molecule has 0 aliphatic heterocycles. The minimum Gasteiger partial charge on any atom is -0.385 e. The smallest absolute Gasteiger partial charge is 0.0901 e. The first kappa shape index (κ1) is 14.3. The Hall–Kier alpha value is -0.340. The lowest BCUT2D eigenvalue weighted by Gasteiger charge is -2.45. The highest BCUT2D eigenvalue weighted by Crippen LogP contribution is 2.60. The Labute approximate surface area is 136 Å². The standard InChI is InChI=1S/C19H25BrO/c1-19(21,16-5-7-17(20)8-6-16)18-13-4-2-3-12-9-15(18)11-14(12)10-13/h5-8,12-15,18,21H,2-4,9-11H2,1H3. The molecule has 4 rings (SSSR count). The maximum absolute atomic E-state index is 11.4. The predicted octanol–water partition coefficient (Wildman–Crippen LogP) is 5.12. The topological polar surface area (TPSA) is 20.2 Å². The van der Waals surface area contributed by atoms with Crippen LogP contribution in [0.15, 0.2) is 28.7 Å². The molecule has 0 radical (unpaired) electrons. The molecule has 0 heterocycles. The molecule has 1 nitrogen and oxygen atoms in total. The Morgan fingerprint density at radius 2 is 1.57 bits per heavy atom. The molecule has 1 N–H and O–H groups in total. The quantitative estimate of drug-likeness (QED) is 0.786. The van der Waals surface area contributed by atoms with Gasteiger partial charge in [0, 0.05) is 4.47 Å². The molecule has 114 valence electrons. The van der Waals surface area contributed by atoms with Gasteiger partial charge in [-0.05, 0) is 73.5 Å². The fourth-order valence-corrected chi connectivity index (χ4v) is 6.22. The maximum Gasteiger partial charge on any atom is 0.0901 e. The lowest BCUT2D eigenvalue weighted by atomic mass is 9.62. The summed E-state index contributed by atoms with van der Waals surface area (Å²) in [6.45, 7) is 2.07. The normalized spacial score (nSPS) is 40.8. The minimum absolute atomic E-state index is 0.459. The Bertz CT molecular complexity index is 521. The largest absolute Gasteiger partial charge is 0.385 e. The zero-order valence-corrected chi connectivity index (χ0v) is 14.3. The fraction of sp³-hybridized carbons (Fsp3) is 0.684. The molecule has 2 heteroatoms. The van der Waals surface area contributed by atoms with E-state index < -0.39 is 5.60 Å². The summed E-state index contributed by atoms with van der Waals surface area (Å²) in [5.41, 5.74) is 0.427. The molecule has 1 aromatic rings. The molecule has 0 amide bonds. The van der Waals surface area contributed by atoms with Crippen LogP contribution >= 0.6 is 15.9 Å². The first-order valence-corrected chi connectivity index (χ1v) is 9.33. The van der Waals surface area contributed by atoms with E-state index in [0.29, 0.717) is 5.92 Å². The highest BCUT2D eigenvalue weighted by molar-refractivity contribution is 9.10. The van der Waals surface area contributed by atoms with E-state index in [1.807, 2.05) is 0 Å². The lowest BCUT2D eigenvalue weighted by molar-refractivity contribution is -0.0751. The van der Waals surface area contributed by atoms with Crippen LogP contribution in [0, 0.1) is 29.6 Å². The minimum atomic E-state index is -0.673. The van der Waals surface area contributed by atoms with Gasteiger partial charge in [0.1, 0.15) is 0 Å². The van der Waals surface area contributed by atoms with Crippen molar-refractivity contribution < 1.29 is 5.11 Å². The highest BCUT2D eigenvalue weighted by Gasteiger charge is 2.53. The van der Waals surface area contributed by atoms with Crippen LogP contribution in [0.4, 0.5) is 0 Å². The number of hydrogen-bond acceptors (Lipinski definition) is 1. The van der Waals surface area contributed by atoms with Crippen LogP contribution in [-0.2, 0) is 5.60 Å². The van der Waals surface area contributed by atoms with Crippen LogP contribution in [0.1, 0.15) is 51.0 Å². The second-order valence-corrected chi connectivity index (χ2v) is 8.77. The monoisotopic (exact) mass is 348 g/mol. The van der Waals surface area contributed by atoms with Gasteiger partial charge in [-0.25, -0.2) is 0 Å². The van der Waals surface area contributed by atoms with Gasteiger partial charge >= 0.3 is 0 Å². The van der Waals surface area contributed by atoms with Crippen LogP contribution in [0.5, 0.6) is 0 Å². The van der Waals surface area contributed by atoms with Gasteiger partial charge in [0.05, 0.1) is 5.60 Å². The van der Waals surface area contributed by atoms with Gasteiger partial charge in [0.15, 0.2) is 0 Å². The molecule has 6 unspecified atom stereocenters. The van der Waals surface area contributed by atoms with Crippen molar-refractivity contribution in [2.75, 3.05) is 0 Å².